The molecule has 0 saturated heterocycles. The second-order valence-corrected chi connectivity index (χ2v) is 8.16. The van der Waals surface area contributed by atoms with Crippen molar-refractivity contribution in [2.45, 2.75) is 49.5 Å². The van der Waals surface area contributed by atoms with Gasteiger partial charge in [0.25, 0.3) is 0 Å². The summed E-state index contributed by atoms with van der Waals surface area (Å²) in [6.45, 7) is 0.890. The number of benzene rings is 1. The summed E-state index contributed by atoms with van der Waals surface area (Å²) in [5.41, 5.74) is 0.184. The first kappa shape index (κ1) is 23.7. The van der Waals surface area contributed by atoms with Gasteiger partial charge in [-0.15, -0.1) is 12.4 Å². The summed E-state index contributed by atoms with van der Waals surface area (Å²) < 4.78 is 37.2. The van der Waals surface area contributed by atoms with Crippen LogP contribution in [0.3, 0.4) is 0 Å². The summed E-state index contributed by atoms with van der Waals surface area (Å²) in [7, 11) is -1.04. The molecule has 0 amide bonds. The number of esters is 1. The maximum Gasteiger partial charge on any atom is 0.341 e. The standard InChI is InChI=1S/C18H28N2O5S.ClH/c1-24-17-13-15(9-10-16(17)18(21)25-2)26(22,23)20-12-11-19-14-7-5-3-4-6-8-14;/h9-10,13-14,19-20H,3-8,11-12H2,1-2H3;1H. The first-order valence-corrected chi connectivity index (χ1v) is 10.5. The van der Waals surface area contributed by atoms with E-state index in [1.165, 1.54) is 58.1 Å². The number of hydrogen-bond acceptors (Lipinski definition) is 6. The number of nitrogens with one attached hydrogen (secondary N) is 2. The monoisotopic (exact) mass is 420 g/mol. The van der Waals surface area contributed by atoms with Crippen LogP contribution in [0.2, 0.25) is 0 Å². The zero-order chi connectivity index (χ0) is 19.0. The molecule has 2 N–H and O–H groups in total. The molecule has 1 aliphatic carbocycles. The van der Waals surface area contributed by atoms with E-state index in [2.05, 4.69) is 14.8 Å². The zero-order valence-corrected chi connectivity index (χ0v) is 17.5. The van der Waals surface area contributed by atoms with Gasteiger partial charge in [0.1, 0.15) is 11.3 Å². The molecule has 1 aromatic rings. The van der Waals surface area contributed by atoms with Crippen LogP contribution in [-0.2, 0) is 14.8 Å². The summed E-state index contributed by atoms with van der Waals surface area (Å²) in [5, 5.41) is 3.43. The smallest absolute Gasteiger partial charge is 0.341 e. The average molecular weight is 421 g/mol. The lowest BCUT2D eigenvalue weighted by molar-refractivity contribution is 0.0597. The molecule has 0 spiro atoms. The maximum absolute atomic E-state index is 12.4. The van der Waals surface area contributed by atoms with Crippen molar-refractivity contribution >= 4 is 28.4 Å². The van der Waals surface area contributed by atoms with Gasteiger partial charge in [0.05, 0.1) is 19.1 Å². The zero-order valence-electron chi connectivity index (χ0n) is 15.8. The molecule has 2 rings (SSSR count). The third-order valence-corrected chi connectivity index (χ3v) is 6.05. The number of ether oxygens (including phenoxy) is 2. The lowest BCUT2D eigenvalue weighted by Gasteiger charge is -2.16. The highest BCUT2D eigenvalue weighted by Crippen LogP contribution is 2.23. The minimum Gasteiger partial charge on any atom is -0.496 e. The van der Waals surface area contributed by atoms with Gasteiger partial charge in [0, 0.05) is 25.2 Å². The molecule has 0 unspecified atom stereocenters. The number of sulfonamides is 1. The number of hydrogen-bond donors (Lipinski definition) is 2. The maximum atomic E-state index is 12.4. The van der Waals surface area contributed by atoms with E-state index in [4.69, 9.17) is 4.74 Å². The molecule has 154 valence electrons. The van der Waals surface area contributed by atoms with E-state index in [0.29, 0.717) is 19.1 Å². The first-order valence-electron chi connectivity index (χ1n) is 8.97. The molecular formula is C18H29ClN2O5S. The van der Waals surface area contributed by atoms with Crippen LogP contribution in [0.25, 0.3) is 0 Å². The van der Waals surface area contributed by atoms with Gasteiger partial charge in [0.15, 0.2) is 0 Å². The molecule has 0 bridgehead atoms. The second kappa shape index (κ2) is 11.5. The minimum atomic E-state index is -3.67. The predicted molar refractivity (Wildman–Crippen MR) is 106 cm³/mol. The number of methoxy groups -OCH3 is 2. The van der Waals surface area contributed by atoms with Crippen molar-refractivity contribution in [1.29, 1.82) is 0 Å². The fraction of sp³-hybridized carbons (Fsp3) is 0.611. The van der Waals surface area contributed by atoms with E-state index < -0.39 is 16.0 Å². The predicted octanol–water partition coefficient (Wildman–Crippen LogP) is 2.49. The molecule has 1 aliphatic rings. The van der Waals surface area contributed by atoms with E-state index >= 15 is 0 Å². The van der Waals surface area contributed by atoms with Crippen LogP contribution in [-0.4, -0.2) is 47.7 Å². The average Bonchev–Trinajstić information content (AvgIpc) is 2.93. The molecule has 7 nitrogen and oxygen atoms in total. The molecule has 9 heteroatoms. The van der Waals surface area contributed by atoms with Crippen LogP contribution >= 0.6 is 12.4 Å². The first-order chi connectivity index (χ1) is 12.5. The Balaban J connectivity index is 0.00000364. The van der Waals surface area contributed by atoms with Crippen LogP contribution in [0.4, 0.5) is 0 Å². The van der Waals surface area contributed by atoms with Gasteiger partial charge in [-0.3, -0.25) is 0 Å². The fourth-order valence-corrected chi connectivity index (χ4v) is 4.19. The Morgan fingerprint density at radius 1 is 1.11 bits per heavy atom. The van der Waals surface area contributed by atoms with Gasteiger partial charge in [-0.1, -0.05) is 25.7 Å². The van der Waals surface area contributed by atoms with Crippen molar-refractivity contribution in [3.05, 3.63) is 23.8 Å². The Morgan fingerprint density at radius 3 is 2.37 bits per heavy atom. The van der Waals surface area contributed by atoms with Crippen LogP contribution in [0.15, 0.2) is 23.1 Å². The van der Waals surface area contributed by atoms with Gasteiger partial charge in [-0.2, -0.15) is 0 Å². The Morgan fingerprint density at radius 2 is 1.78 bits per heavy atom. The number of carbonyl (C=O) groups is 1. The Bertz CT molecular complexity index is 704. The summed E-state index contributed by atoms with van der Waals surface area (Å²) >= 11 is 0. The van der Waals surface area contributed by atoms with E-state index in [9.17, 15) is 13.2 Å². The Hall–Kier alpha value is -1.35. The van der Waals surface area contributed by atoms with Gasteiger partial charge < -0.3 is 14.8 Å². The number of carbonyl (C=O) groups excluding carboxylic acids is 1. The van der Waals surface area contributed by atoms with Crippen LogP contribution in [0.5, 0.6) is 5.75 Å². The second-order valence-electron chi connectivity index (χ2n) is 6.39. The van der Waals surface area contributed by atoms with E-state index in [1.807, 2.05) is 0 Å². The summed E-state index contributed by atoms with van der Waals surface area (Å²) in [4.78, 5) is 11.7. The SMILES string of the molecule is COC(=O)c1ccc(S(=O)(=O)NCCNC2CCCCCC2)cc1OC.Cl. The number of halogens is 1. The third-order valence-electron chi connectivity index (χ3n) is 4.59. The highest BCUT2D eigenvalue weighted by molar-refractivity contribution is 7.89. The van der Waals surface area contributed by atoms with E-state index in [1.54, 1.807) is 0 Å². The van der Waals surface area contributed by atoms with Gasteiger partial charge in [-0.25, -0.2) is 17.9 Å². The molecule has 0 atom stereocenters. The molecule has 1 saturated carbocycles. The quantitative estimate of drug-likeness (QED) is 0.381. The van der Waals surface area contributed by atoms with Crippen molar-refractivity contribution in [2.75, 3.05) is 27.3 Å². The largest absolute Gasteiger partial charge is 0.496 e. The summed E-state index contributed by atoms with van der Waals surface area (Å²) in [6, 6.07) is 4.56. The summed E-state index contributed by atoms with van der Waals surface area (Å²) in [5.74, 6) is -0.414. The molecule has 27 heavy (non-hydrogen) atoms. The fourth-order valence-electron chi connectivity index (χ4n) is 3.15. The van der Waals surface area contributed by atoms with Gasteiger partial charge in [0.2, 0.25) is 10.0 Å². The van der Waals surface area contributed by atoms with Gasteiger partial charge >= 0.3 is 5.97 Å². The lowest BCUT2D eigenvalue weighted by Crippen LogP contribution is -2.36. The minimum absolute atomic E-state index is 0. The van der Waals surface area contributed by atoms with Crippen molar-refractivity contribution in [3.8, 4) is 5.75 Å². The molecular weight excluding hydrogens is 392 g/mol. The highest BCUT2D eigenvalue weighted by atomic mass is 35.5. The lowest BCUT2D eigenvalue weighted by atomic mass is 10.1. The van der Waals surface area contributed by atoms with Crippen molar-refractivity contribution in [3.63, 3.8) is 0 Å². The third kappa shape index (κ3) is 6.95. The Labute approximate surface area is 167 Å². The molecule has 0 heterocycles. The molecule has 1 aromatic carbocycles. The number of rotatable bonds is 8. The van der Waals surface area contributed by atoms with Crippen LogP contribution in [0.1, 0.15) is 48.9 Å². The van der Waals surface area contributed by atoms with Crippen LogP contribution < -0.4 is 14.8 Å². The van der Waals surface area contributed by atoms with Crippen molar-refractivity contribution < 1.29 is 22.7 Å². The van der Waals surface area contributed by atoms with Gasteiger partial charge in [-0.05, 0) is 25.0 Å². The summed E-state index contributed by atoms with van der Waals surface area (Å²) in [6.07, 6.45) is 7.34. The van der Waals surface area contributed by atoms with Crippen molar-refractivity contribution in [2.24, 2.45) is 0 Å². The van der Waals surface area contributed by atoms with E-state index in [-0.39, 0.29) is 28.6 Å². The van der Waals surface area contributed by atoms with E-state index in [0.717, 1.165) is 12.8 Å². The van der Waals surface area contributed by atoms with Crippen LogP contribution in [0, 0.1) is 0 Å². The Kier molecular flexibility index (Phi) is 10.1. The highest BCUT2D eigenvalue weighted by Gasteiger charge is 2.19. The molecule has 0 aromatic heterocycles. The molecule has 1 fully saturated rings. The topological polar surface area (TPSA) is 93.7 Å². The van der Waals surface area contributed by atoms with Crippen molar-refractivity contribution in [1.82, 2.24) is 10.0 Å². The normalized spacial score (nSPS) is 15.5. The molecule has 0 radical (unpaired) electrons. The molecule has 0 aliphatic heterocycles.